The molecule has 1 aromatic heterocycles. The number of hydrogen-bond acceptors (Lipinski definition) is 3. The maximum atomic E-state index is 11.6. The standard InChI is InChI=1S/C14H15NO3/c1-17-13-4-2-3-11(9-13)5-7-15-14(16)12-6-8-18-10-12/h2-4,6,8-10H,5,7H2,1H3,(H,15,16). The van der Waals surface area contributed by atoms with Crippen molar-refractivity contribution in [3.8, 4) is 5.75 Å². The largest absolute Gasteiger partial charge is 0.497 e. The molecule has 0 bridgehead atoms. The number of benzene rings is 1. The third-order valence-electron chi connectivity index (χ3n) is 2.62. The molecule has 0 fully saturated rings. The summed E-state index contributed by atoms with van der Waals surface area (Å²) >= 11 is 0. The van der Waals surface area contributed by atoms with Crippen molar-refractivity contribution in [1.29, 1.82) is 0 Å². The molecule has 1 aromatic carbocycles. The molecule has 0 saturated carbocycles. The molecule has 0 spiro atoms. The van der Waals surface area contributed by atoms with Gasteiger partial charge >= 0.3 is 0 Å². The van der Waals surface area contributed by atoms with Crippen molar-refractivity contribution in [1.82, 2.24) is 5.32 Å². The summed E-state index contributed by atoms with van der Waals surface area (Å²) in [6.07, 6.45) is 3.68. The van der Waals surface area contributed by atoms with E-state index in [0.29, 0.717) is 12.1 Å². The van der Waals surface area contributed by atoms with E-state index in [2.05, 4.69) is 5.32 Å². The molecule has 0 aliphatic heterocycles. The minimum absolute atomic E-state index is 0.119. The molecule has 0 atom stereocenters. The third-order valence-corrected chi connectivity index (χ3v) is 2.62. The van der Waals surface area contributed by atoms with Gasteiger partial charge in [0.2, 0.25) is 0 Å². The van der Waals surface area contributed by atoms with E-state index in [9.17, 15) is 4.79 Å². The number of nitrogens with one attached hydrogen (secondary N) is 1. The molecular weight excluding hydrogens is 230 g/mol. The Hall–Kier alpha value is -2.23. The van der Waals surface area contributed by atoms with E-state index in [1.54, 1.807) is 13.2 Å². The number of carbonyl (C=O) groups is 1. The highest BCUT2D eigenvalue weighted by Crippen LogP contribution is 2.12. The first-order valence-corrected chi connectivity index (χ1v) is 5.73. The summed E-state index contributed by atoms with van der Waals surface area (Å²) in [6, 6.07) is 9.44. The molecule has 0 aliphatic carbocycles. The van der Waals surface area contributed by atoms with Gasteiger partial charge in [-0.15, -0.1) is 0 Å². The summed E-state index contributed by atoms with van der Waals surface area (Å²) in [6.45, 7) is 0.581. The van der Waals surface area contributed by atoms with E-state index < -0.39 is 0 Å². The van der Waals surface area contributed by atoms with Crippen molar-refractivity contribution in [3.05, 3.63) is 54.0 Å². The van der Waals surface area contributed by atoms with Crippen molar-refractivity contribution in [2.45, 2.75) is 6.42 Å². The van der Waals surface area contributed by atoms with E-state index >= 15 is 0 Å². The fourth-order valence-electron chi connectivity index (χ4n) is 1.64. The number of carbonyl (C=O) groups excluding carboxylic acids is 1. The molecule has 94 valence electrons. The lowest BCUT2D eigenvalue weighted by molar-refractivity contribution is 0.0953. The van der Waals surface area contributed by atoms with Crippen molar-refractivity contribution >= 4 is 5.91 Å². The minimum atomic E-state index is -0.119. The Kier molecular flexibility index (Phi) is 4.02. The number of hydrogen-bond donors (Lipinski definition) is 1. The normalized spacial score (nSPS) is 10.1. The van der Waals surface area contributed by atoms with Crippen LogP contribution in [0.3, 0.4) is 0 Å². The Morgan fingerprint density at radius 1 is 1.39 bits per heavy atom. The average molecular weight is 245 g/mol. The van der Waals surface area contributed by atoms with Crippen LogP contribution in [0.4, 0.5) is 0 Å². The van der Waals surface area contributed by atoms with Crippen LogP contribution in [0.5, 0.6) is 5.75 Å². The van der Waals surface area contributed by atoms with E-state index in [4.69, 9.17) is 9.15 Å². The molecule has 0 radical (unpaired) electrons. The SMILES string of the molecule is COc1cccc(CCNC(=O)c2ccoc2)c1. The van der Waals surface area contributed by atoms with Gasteiger partial charge in [0.1, 0.15) is 12.0 Å². The Bertz CT molecular complexity index is 506. The first-order chi connectivity index (χ1) is 8.79. The molecule has 4 heteroatoms. The fourth-order valence-corrected chi connectivity index (χ4v) is 1.64. The Labute approximate surface area is 106 Å². The Morgan fingerprint density at radius 2 is 2.28 bits per heavy atom. The zero-order valence-electron chi connectivity index (χ0n) is 10.2. The van der Waals surface area contributed by atoms with E-state index in [1.165, 1.54) is 12.5 Å². The highest BCUT2D eigenvalue weighted by atomic mass is 16.5. The van der Waals surface area contributed by atoms with E-state index in [-0.39, 0.29) is 5.91 Å². The van der Waals surface area contributed by atoms with Gasteiger partial charge in [0.05, 0.1) is 18.9 Å². The minimum Gasteiger partial charge on any atom is -0.497 e. The molecule has 18 heavy (non-hydrogen) atoms. The van der Waals surface area contributed by atoms with Crippen LogP contribution in [-0.4, -0.2) is 19.6 Å². The average Bonchev–Trinajstić information content (AvgIpc) is 2.93. The summed E-state index contributed by atoms with van der Waals surface area (Å²) in [4.78, 5) is 11.6. The second-order valence-corrected chi connectivity index (χ2v) is 3.87. The van der Waals surface area contributed by atoms with Gasteiger partial charge in [0, 0.05) is 6.54 Å². The molecule has 1 amide bonds. The van der Waals surface area contributed by atoms with Crippen LogP contribution in [0.25, 0.3) is 0 Å². The van der Waals surface area contributed by atoms with E-state index in [1.807, 2.05) is 24.3 Å². The smallest absolute Gasteiger partial charge is 0.254 e. The number of ether oxygens (including phenoxy) is 1. The molecule has 0 saturated heterocycles. The monoisotopic (exact) mass is 245 g/mol. The van der Waals surface area contributed by atoms with Crippen LogP contribution < -0.4 is 10.1 Å². The number of amides is 1. The zero-order chi connectivity index (χ0) is 12.8. The quantitative estimate of drug-likeness (QED) is 0.879. The van der Waals surface area contributed by atoms with Crippen LogP contribution in [0.15, 0.2) is 47.3 Å². The fraction of sp³-hybridized carbons (Fsp3) is 0.214. The first kappa shape index (κ1) is 12.2. The predicted molar refractivity (Wildman–Crippen MR) is 67.7 cm³/mol. The summed E-state index contributed by atoms with van der Waals surface area (Å²) < 4.78 is 9.99. The van der Waals surface area contributed by atoms with Crippen LogP contribution in [0, 0.1) is 0 Å². The highest BCUT2D eigenvalue weighted by molar-refractivity contribution is 5.93. The summed E-state index contributed by atoms with van der Waals surface area (Å²) in [7, 11) is 1.64. The molecule has 4 nitrogen and oxygen atoms in total. The van der Waals surface area contributed by atoms with Crippen LogP contribution in [0.2, 0.25) is 0 Å². The van der Waals surface area contributed by atoms with Gasteiger partial charge < -0.3 is 14.5 Å². The summed E-state index contributed by atoms with van der Waals surface area (Å²) in [5, 5.41) is 2.83. The molecule has 2 rings (SSSR count). The van der Waals surface area contributed by atoms with Gasteiger partial charge in [-0.05, 0) is 30.2 Å². The molecule has 2 aromatic rings. The molecular formula is C14H15NO3. The topological polar surface area (TPSA) is 51.5 Å². The van der Waals surface area contributed by atoms with Gasteiger partial charge in [-0.1, -0.05) is 12.1 Å². The van der Waals surface area contributed by atoms with E-state index in [0.717, 1.165) is 17.7 Å². The first-order valence-electron chi connectivity index (χ1n) is 5.73. The van der Waals surface area contributed by atoms with Gasteiger partial charge in [-0.25, -0.2) is 0 Å². The number of methoxy groups -OCH3 is 1. The predicted octanol–water partition coefficient (Wildman–Crippen LogP) is 2.26. The lowest BCUT2D eigenvalue weighted by Gasteiger charge is -2.05. The maximum Gasteiger partial charge on any atom is 0.254 e. The lowest BCUT2D eigenvalue weighted by atomic mass is 10.1. The Balaban J connectivity index is 1.83. The molecule has 1 heterocycles. The van der Waals surface area contributed by atoms with Crippen molar-refractivity contribution < 1.29 is 13.9 Å². The van der Waals surface area contributed by atoms with Crippen LogP contribution in [-0.2, 0) is 6.42 Å². The summed E-state index contributed by atoms with van der Waals surface area (Å²) in [5.74, 6) is 0.709. The maximum absolute atomic E-state index is 11.6. The van der Waals surface area contributed by atoms with Gasteiger partial charge in [-0.3, -0.25) is 4.79 Å². The molecule has 0 aliphatic rings. The number of rotatable bonds is 5. The second kappa shape index (κ2) is 5.91. The van der Waals surface area contributed by atoms with Gasteiger partial charge in [0.15, 0.2) is 0 Å². The van der Waals surface area contributed by atoms with Crippen molar-refractivity contribution in [3.63, 3.8) is 0 Å². The molecule has 0 unspecified atom stereocenters. The van der Waals surface area contributed by atoms with Crippen molar-refractivity contribution in [2.75, 3.05) is 13.7 Å². The zero-order valence-corrected chi connectivity index (χ0v) is 10.2. The Morgan fingerprint density at radius 3 is 3.00 bits per heavy atom. The lowest BCUT2D eigenvalue weighted by Crippen LogP contribution is -2.25. The summed E-state index contributed by atoms with van der Waals surface area (Å²) in [5.41, 5.74) is 1.67. The number of furan rings is 1. The van der Waals surface area contributed by atoms with Crippen LogP contribution in [0.1, 0.15) is 15.9 Å². The third kappa shape index (κ3) is 3.13. The highest BCUT2D eigenvalue weighted by Gasteiger charge is 2.05. The van der Waals surface area contributed by atoms with Crippen molar-refractivity contribution in [2.24, 2.45) is 0 Å². The van der Waals surface area contributed by atoms with Gasteiger partial charge in [-0.2, -0.15) is 0 Å². The second-order valence-electron chi connectivity index (χ2n) is 3.87. The van der Waals surface area contributed by atoms with Gasteiger partial charge in [0.25, 0.3) is 5.91 Å². The van der Waals surface area contributed by atoms with Crippen LogP contribution >= 0.6 is 0 Å². The molecule has 1 N–H and O–H groups in total.